The molecule has 1 N–H and O–H groups in total. The molecule has 6 nitrogen and oxygen atoms in total. The highest BCUT2D eigenvalue weighted by atomic mass is 16.3. The maximum atomic E-state index is 13.1. The fourth-order valence-corrected chi connectivity index (χ4v) is 3.98. The van der Waals surface area contributed by atoms with Gasteiger partial charge in [0.25, 0.3) is 5.91 Å². The van der Waals surface area contributed by atoms with E-state index in [0.29, 0.717) is 5.82 Å². The van der Waals surface area contributed by atoms with Gasteiger partial charge in [0.05, 0.1) is 23.6 Å². The summed E-state index contributed by atoms with van der Waals surface area (Å²) in [5, 5.41) is 7.68. The van der Waals surface area contributed by atoms with Crippen molar-refractivity contribution in [1.29, 1.82) is 0 Å². The minimum absolute atomic E-state index is 0.0221. The molecule has 2 aromatic heterocycles. The topological polar surface area (TPSA) is 73.0 Å². The quantitative estimate of drug-likeness (QED) is 0.543. The Morgan fingerprint density at radius 2 is 1.97 bits per heavy atom. The third-order valence-corrected chi connectivity index (χ3v) is 5.54. The molecule has 1 aliphatic carbocycles. The standard InChI is InChI=1S/C24H22N4O2/c1-16-9-11-19(12-10-16)28-23(18-13-14-30-15-18)26-22(27-28)24(29)25-21-8-4-6-17-5-2-3-7-20(17)21/h2-3,5,7,9-15,21H,4,6,8H2,1H3,(H,25,29). The predicted octanol–water partition coefficient (Wildman–Crippen LogP) is 4.64. The monoisotopic (exact) mass is 398 g/mol. The Hall–Kier alpha value is -3.67. The van der Waals surface area contributed by atoms with E-state index in [1.54, 1.807) is 17.2 Å². The highest BCUT2D eigenvalue weighted by Gasteiger charge is 2.25. The van der Waals surface area contributed by atoms with Crippen molar-refractivity contribution in [2.45, 2.75) is 32.2 Å². The number of nitrogens with one attached hydrogen (secondary N) is 1. The van der Waals surface area contributed by atoms with Crippen LogP contribution in [0.5, 0.6) is 0 Å². The van der Waals surface area contributed by atoms with E-state index < -0.39 is 0 Å². The van der Waals surface area contributed by atoms with Crippen LogP contribution >= 0.6 is 0 Å². The number of amides is 1. The normalized spacial score (nSPS) is 15.6. The second-order valence-electron chi connectivity index (χ2n) is 7.64. The number of fused-ring (bicyclic) bond motifs is 1. The summed E-state index contributed by atoms with van der Waals surface area (Å²) in [5.74, 6) is 0.448. The van der Waals surface area contributed by atoms with Crippen molar-refractivity contribution in [2.24, 2.45) is 0 Å². The Morgan fingerprint density at radius 1 is 1.13 bits per heavy atom. The molecule has 0 saturated heterocycles. The summed E-state index contributed by atoms with van der Waals surface area (Å²) in [5.41, 5.74) is 5.24. The van der Waals surface area contributed by atoms with Crippen molar-refractivity contribution < 1.29 is 9.21 Å². The predicted molar refractivity (Wildman–Crippen MR) is 113 cm³/mol. The molecule has 1 amide bonds. The number of aromatic nitrogens is 3. The zero-order valence-corrected chi connectivity index (χ0v) is 16.7. The van der Waals surface area contributed by atoms with Crippen molar-refractivity contribution in [3.05, 3.63) is 89.6 Å². The number of carbonyl (C=O) groups is 1. The number of hydrogen-bond donors (Lipinski definition) is 1. The summed E-state index contributed by atoms with van der Waals surface area (Å²) < 4.78 is 6.92. The summed E-state index contributed by atoms with van der Waals surface area (Å²) in [6.45, 7) is 2.03. The largest absolute Gasteiger partial charge is 0.472 e. The van der Waals surface area contributed by atoms with Crippen LogP contribution in [-0.4, -0.2) is 20.7 Å². The average molecular weight is 398 g/mol. The molecule has 0 saturated carbocycles. The molecule has 0 spiro atoms. The van der Waals surface area contributed by atoms with Gasteiger partial charge in [-0.2, -0.15) is 0 Å². The third-order valence-electron chi connectivity index (χ3n) is 5.54. The van der Waals surface area contributed by atoms with Crippen molar-refractivity contribution in [2.75, 3.05) is 0 Å². The van der Waals surface area contributed by atoms with Crippen LogP contribution in [0.2, 0.25) is 0 Å². The Balaban J connectivity index is 1.48. The van der Waals surface area contributed by atoms with Crippen LogP contribution < -0.4 is 5.32 Å². The number of carbonyl (C=O) groups excluding carboxylic acids is 1. The smallest absolute Gasteiger partial charge is 0.291 e. The second-order valence-corrected chi connectivity index (χ2v) is 7.64. The molecular weight excluding hydrogens is 376 g/mol. The van der Waals surface area contributed by atoms with E-state index >= 15 is 0 Å². The fourth-order valence-electron chi connectivity index (χ4n) is 3.98. The molecule has 1 unspecified atom stereocenters. The first-order valence-electron chi connectivity index (χ1n) is 10.1. The van der Waals surface area contributed by atoms with Crippen LogP contribution in [0, 0.1) is 6.92 Å². The molecule has 2 aromatic carbocycles. The lowest BCUT2D eigenvalue weighted by molar-refractivity contribution is 0.0922. The Morgan fingerprint density at radius 3 is 2.77 bits per heavy atom. The number of aryl methyl sites for hydroxylation is 2. The van der Waals surface area contributed by atoms with Crippen molar-refractivity contribution in [3.8, 4) is 17.1 Å². The average Bonchev–Trinajstić information content (AvgIpc) is 3.45. The van der Waals surface area contributed by atoms with Gasteiger partial charge in [0, 0.05) is 0 Å². The van der Waals surface area contributed by atoms with Crippen LogP contribution in [-0.2, 0) is 6.42 Å². The Bertz CT molecular complexity index is 1180. The van der Waals surface area contributed by atoms with E-state index in [0.717, 1.165) is 36.1 Å². The Kier molecular flexibility index (Phi) is 4.67. The maximum Gasteiger partial charge on any atom is 0.291 e. The number of rotatable bonds is 4. The lowest BCUT2D eigenvalue weighted by atomic mass is 9.88. The SMILES string of the molecule is Cc1ccc(-n2nc(C(=O)NC3CCCc4ccccc43)nc2-c2ccoc2)cc1. The number of furan rings is 1. The van der Waals surface area contributed by atoms with Crippen LogP contribution in [0.25, 0.3) is 17.1 Å². The first kappa shape index (κ1) is 18.4. The number of nitrogens with zero attached hydrogens (tertiary/aromatic N) is 3. The number of hydrogen-bond acceptors (Lipinski definition) is 4. The molecule has 1 atom stereocenters. The zero-order chi connectivity index (χ0) is 20.5. The molecule has 0 aliphatic heterocycles. The van der Waals surface area contributed by atoms with Gasteiger partial charge < -0.3 is 9.73 Å². The summed E-state index contributed by atoms with van der Waals surface area (Å²) in [4.78, 5) is 17.6. The van der Waals surface area contributed by atoms with Crippen LogP contribution in [0.15, 0.2) is 71.5 Å². The molecule has 6 heteroatoms. The highest BCUT2D eigenvalue weighted by molar-refractivity contribution is 5.91. The first-order chi connectivity index (χ1) is 14.7. The molecule has 30 heavy (non-hydrogen) atoms. The molecule has 0 bridgehead atoms. The van der Waals surface area contributed by atoms with E-state index in [-0.39, 0.29) is 17.8 Å². The van der Waals surface area contributed by atoms with Crippen molar-refractivity contribution in [1.82, 2.24) is 20.1 Å². The molecule has 150 valence electrons. The molecule has 2 heterocycles. The molecule has 4 aromatic rings. The van der Waals surface area contributed by atoms with E-state index in [4.69, 9.17) is 4.42 Å². The van der Waals surface area contributed by atoms with Gasteiger partial charge in [-0.15, -0.1) is 5.10 Å². The van der Waals surface area contributed by atoms with E-state index in [1.165, 1.54) is 11.1 Å². The van der Waals surface area contributed by atoms with Gasteiger partial charge in [0.1, 0.15) is 6.26 Å². The Labute approximate surface area is 174 Å². The first-order valence-corrected chi connectivity index (χ1v) is 10.1. The lowest BCUT2D eigenvalue weighted by Gasteiger charge is -2.25. The molecule has 1 aliphatic rings. The van der Waals surface area contributed by atoms with Gasteiger partial charge in [-0.25, -0.2) is 9.67 Å². The zero-order valence-electron chi connectivity index (χ0n) is 16.7. The summed E-state index contributed by atoms with van der Waals surface area (Å²) in [6, 6.07) is 18.0. The highest BCUT2D eigenvalue weighted by Crippen LogP contribution is 2.30. The maximum absolute atomic E-state index is 13.1. The molecule has 0 radical (unpaired) electrons. The van der Waals surface area contributed by atoms with Crippen molar-refractivity contribution >= 4 is 5.91 Å². The summed E-state index contributed by atoms with van der Waals surface area (Å²) in [6.07, 6.45) is 6.20. The fraction of sp³-hybridized carbons (Fsp3) is 0.208. The van der Waals surface area contributed by atoms with Gasteiger partial charge in [0.15, 0.2) is 5.82 Å². The minimum atomic E-state index is -0.271. The van der Waals surface area contributed by atoms with Crippen LogP contribution in [0.3, 0.4) is 0 Å². The molecular formula is C24H22N4O2. The van der Waals surface area contributed by atoms with Crippen LogP contribution in [0.4, 0.5) is 0 Å². The molecule has 0 fully saturated rings. The van der Waals surface area contributed by atoms with Gasteiger partial charge in [0.2, 0.25) is 5.82 Å². The summed E-state index contributed by atoms with van der Waals surface area (Å²) in [7, 11) is 0. The second kappa shape index (κ2) is 7.63. The van der Waals surface area contributed by atoms with E-state index in [1.807, 2.05) is 49.4 Å². The minimum Gasteiger partial charge on any atom is -0.472 e. The summed E-state index contributed by atoms with van der Waals surface area (Å²) >= 11 is 0. The van der Waals surface area contributed by atoms with Gasteiger partial charge in [-0.05, 0) is 55.5 Å². The van der Waals surface area contributed by atoms with E-state index in [2.05, 4.69) is 27.5 Å². The van der Waals surface area contributed by atoms with Gasteiger partial charge in [-0.1, -0.05) is 42.0 Å². The van der Waals surface area contributed by atoms with E-state index in [9.17, 15) is 4.79 Å². The van der Waals surface area contributed by atoms with Crippen molar-refractivity contribution in [3.63, 3.8) is 0 Å². The van der Waals surface area contributed by atoms with Gasteiger partial charge >= 0.3 is 0 Å². The third kappa shape index (κ3) is 3.41. The number of benzene rings is 2. The van der Waals surface area contributed by atoms with Gasteiger partial charge in [-0.3, -0.25) is 4.79 Å². The lowest BCUT2D eigenvalue weighted by Crippen LogP contribution is -2.31. The van der Waals surface area contributed by atoms with Crippen LogP contribution in [0.1, 0.15) is 46.2 Å². The molecule has 5 rings (SSSR count).